The van der Waals surface area contributed by atoms with Crippen molar-refractivity contribution in [2.45, 2.75) is 20.8 Å². The summed E-state index contributed by atoms with van der Waals surface area (Å²) in [6, 6.07) is 6.22. The maximum Gasteiger partial charge on any atom is 0.132 e. The van der Waals surface area contributed by atoms with Crippen molar-refractivity contribution >= 4 is 0 Å². The van der Waals surface area contributed by atoms with Crippen LogP contribution in [-0.2, 0) is 0 Å². The predicted octanol–water partition coefficient (Wildman–Crippen LogP) is 3.42. The predicted molar refractivity (Wildman–Crippen MR) is 64.8 cm³/mol. The quantitative estimate of drug-likeness (QED) is 0.817. The first-order valence-electron chi connectivity index (χ1n) is 5.42. The molecule has 0 amide bonds. The third kappa shape index (κ3) is 2.70. The molecule has 88 valence electrons. The fourth-order valence-corrected chi connectivity index (χ4v) is 1.41. The highest BCUT2D eigenvalue weighted by molar-refractivity contribution is 5.64. The van der Waals surface area contributed by atoms with Crippen LogP contribution in [0.1, 0.15) is 25.0 Å². The van der Waals surface area contributed by atoms with E-state index >= 15 is 0 Å². The topological polar surface area (TPSA) is 52.5 Å². The zero-order valence-electron chi connectivity index (χ0n) is 10.1. The van der Waals surface area contributed by atoms with Crippen LogP contribution in [-0.4, -0.2) is 10.2 Å². The van der Waals surface area contributed by atoms with E-state index in [0.29, 0.717) is 16.8 Å². The van der Waals surface area contributed by atoms with Crippen molar-refractivity contribution in [1.82, 2.24) is 10.2 Å². The first kappa shape index (κ1) is 12.9. The van der Waals surface area contributed by atoms with Crippen LogP contribution in [0.15, 0.2) is 24.4 Å². The van der Waals surface area contributed by atoms with Gasteiger partial charge in [0.15, 0.2) is 0 Å². The second-order valence-electron chi connectivity index (χ2n) is 3.23. The van der Waals surface area contributed by atoms with Gasteiger partial charge in [-0.2, -0.15) is 10.4 Å². The molecule has 0 spiro atoms. The van der Waals surface area contributed by atoms with E-state index in [9.17, 15) is 4.39 Å². The molecule has 1 aromatic heterocycles. The van der Waals surface area contributed by atoms with Crippen LogP contribution >= 0.6 is 0 Å². The molecule has 0 radical (unpaired) electrons. The fraction of sp³-hybridized carbons (Fsp3) is 0.231. The molecule has 0 unspecified atom stereocenters. The average molecular weight is 231 g/mol. The first-order valence-corrected chi connectivity index (χ1v) is 5.42. The Labute approximate surface area is 99.9 Å². The number of hydrogen-bond donors (Lipinski definition) is 1. The van der Waals surface area contributed by atoms with Crippen LogP contribution in [0.5, 0.6) is 0 Å². The van der Waals surface area contributed by atoms with Crippen molar-refractivity contribution in [1.29, 1.82) is 5.26 Å². The van der Waals surface area contributed by atoms with Crippen LogP contribution in [0.3, 0.4) is 0 Å². The molecule has 0 aliphatic rings. The fourth-order valence-electron chi connectivity index (χ4n) is 1.41. The molecule has 2 rings (SSSR count). The molecule has 3 nitrogen and oxygen atoms in total. The van der Waals surface area contributed by atoms with Gasteiger partial charge in [-0.25, -0.2) is 4.39 Å². The zero-order chi connectivity index (χ0) is 12.8. The molecule has 0 fully saturated rings. The van der Waals surface area contributed by atoms with E-state index in [2.05, 4.69) is 10.2 Å². The minimum absolute atomic E-state index is 0.360. The van der Waals surface area contributed by atoms with Gasteiger partial charge in [0.25, 0.3) is 0 Å². The number of hydrogen-bond acceptors (Lipinski definition) is 2. The van der Waals surface area contributed by atoms with E-state index in [-0.39, 0.29) is 5.82 Å². The zero-order valence-corrected chi connectivity index (χ0v) is 10.1. The SMILES string of the molecule is CC.Cc1cn[nH]c1-c1cc(C#N)ccc1F. The molecule has 2 aromatic rings. The molecule has 0 saturated heterocycles. The molecule has 0 aliphatic carbocycles. The Balaban J connectivity index is 0.000000686. The van der Waals surface area contributed by atoms with E-state index in [1.165, 1.54) is 18.2 Å². The lowest BCUT2D eigenvalue weighted by Crippen LogP contribution is -1.88. The van der Waals surface area contributed by atoms with E-state index in [1.54, 1.807) is 6.20 Å². The summed E-state index contributed by atoms with van der Waals surface area (Å²) in [4.78, 5) is 0. The van der Waals surface area contributed by atoms with Crippen LogP contribution in [0.4, 0.5) is 4.39 Å². The summed E-state index contributed by atoms with van der Waals surface area (Å²) in [6.45, 7) is 5.83. The largest absolute Gasteiger partial charge is 0.277 e. The van der Waals surface area contributed by atoms with Gasteiger partial charge in [0, 0.05) is 5.56 Å². The number of halogens is 1. The van der Waals surface area contributed by atoms with Gasteiger partial charge >= 0.3 is 0 Å². The molecule has 4 heteroatoms. The van der Waals surface area contributed by atoms with Gasteiger partial charge < -0.3 is 0 Å². The number of H-pyrrole nitrogens is 1. The molecule has 1 N–H and O–H groups in total. The minimum atomic E-state index is -0.360. The van der Waals surface area contributed by atoms with Crippen molar-refractivity contribution in [2.75, 3.05) is 0 Å². The van der Waals surface area contributed by atoms with Gasteiger partial charge in [-0.1, -0.05) is 13.8 Å². The molecule has 0 saturated carbocycles. The number of aromatic amines is 1. The smallest absolute Gasteiger partial charge is 0.132 e. The molecule has 0 bridgehead atoms. The molecule has 0 atom stereocenters. The second kappa shape index (κ2) is 5.80. The Hall–Kier alpha value is -2.15. The Morgan fingerprint density at radius 2 is 2.06 bits per heavy atom. The number of benzene rings is 1. The summed E-state index contributed by atoms with van der Waals surface area (Å²) in [5.41, 5.74) is 2.28. The lowest BCUT2D eigenvalue weighted by atomic mass is 10.1. The van der Waals surface area contributed by atoms with Crippen LogP contribution < -0.4 is 0 Å². The summed E-state index contributed by atoms with van der Waals surface area (Å²) in [5.74, 6) is -0.360. The maximum absolute atomic E-state index is 13.5. The Bertz CT molecular complexity index is 538. The van der Waals surface area contributed by atoms with Gasteiger partial charge in [-0.3, -0.25) is 5.10 Å². The standard InChI is InChI=1S/C11H8FN3.C2H6/c1-7-6-14-15-11(7)9-4-8(5-13)2-3-10(9)12;1-2/h2-4,6H,1H3,(H,14,15);1-2H3. The number of nitrogens with zero attached hydrogens (tertiary/aromatic N) is 2. The van der Waals surface area contributed by atoms with Gasteiger partial charge in [-0.15, -0.1) is 0 Å². The highest BCUT2D eigenvalue weighted by Crippen LogP contribution is 2.24. The van der Waals surface area contributed by atoms with E-state index < -0.39 is 0 Å². The van der Waals surface area contributed by atoms with Crippen molar-refractivity contribution in [3.63, 3.8) is 0 Å². The molecule has 0 aliphatic heterocycles. The summed E-state index contributed by atoms with van der Waals surface area (Å²) >= 11 is 0. The number of aromatic nitrogens is 2. The highest BCUT2D eigenvalue weighted by atomic mass is 19.1. The van der Waals surface area contributed by atoms with Gasteiger partial charge in [0.05, 0.1) is 23.5 Å². The van der Waals surface area contributed by atoms with Crippen LogP contribution in [0, 0.1) is 24.1 Å². The lowest BCUT2D eigenvalue weighted by molar-refractivity contribution is 0.630. The normalized spacial score (nSPS) is 9.12. The maximum atomic E-state index is 13.5. The van der Waals surface area contributed by atoms with Crippen molar-refractivity contribution in [3.05, 3.63) is 41.3 Å². The van der Waals surface area contributed by atoms with Crippen molar-refractivity contribution in [3.8, 4) is 17.3 Å². The molecular formula is C13H14FN3. The minimum Gasteiger partial charge on any atom is -0.277 e. The summed E-state index contributed by atoms with van der Waals surface area (Å²) in [6.07, 6.45) is 1.62. The Kier molecular flexibility index (Phi) is 4.41. The summed E-state index contributed by atoms with van der Waals surface area (Å²) in [7, 11) is 0. The van der Waals surface area contributed by atoms with E-state index in [4.69, 9.17) is 5.26 Å². The summed E-state index contributed by atoms with van der Waals surface area (Å²) < 4.78 is 13.5. The molecule has 1 heterocycles. The van der Waals surface area contributed by atoms with Crippen molar-refractivity contribution < 1.29 is 4.39 Å². The summed E-state index contributed by atoms with van der Waals surface area (Å²) in [5, 5.41) is 15.3. The average Bonchev–Trinajstić information content (AvgIpc) is 2.79. The van der Waals surface area contributed by atoms with Gasteiger partial charge in [0.1, 0.15) is 5.82 Å². The van der Waals surface area contributed by atoms with Crippen LogP contribution in [0.2, 0.25) is 0 Å². The molecule has 1 aromatic carbocycles. The molecular weight excluding hydrogens is 217 g/mol. The highest BCUT2D eigenvalue weighted by Gasteiger charge is 2.10. The number of nitriles is 1. The lowest BCUT2D eigenvalue weighted by Gasteiger charge is -2.01. The second-order valence-corrected chi connectivity index (χ2v) is 3.23. The van der Waals surface area contributed by atoms with Crippen molar-refractivity contribution in [2.24, 2.45) is 0 Å². The first-order chi connectivity index (χ1) is 8.22. The third-order valence-corrected chi connectivity index (χ3v) is 2.19. The number of aryl methyl sites for hydroxylation is 1. The molecule has 17 heavy (non-hydrogen) atoms. The Morgan fingerprint density at radius 1 is 1.35 bits per heavy atom. The van der Waals surface area contributed by atoms with Gasteiger partial charge in [-0.05, 0) is 30.7 Å². The Morgan fingerprint density at radius 3 is 2.59 bits per heavy atom. The number of rotatable bonds is 1. The van der Waals surface area contributed by atoms with E-state index in [1.807, 2.05) is 26.8 Å². The third-order valence-electron chi connectivity index (χ3n) is 2.19. The van der Waals surface area contributed by atoms with E-state index in [0.717, 1.165) is 5.56 Å². The van der Waals surface area contributed by atoms with Crippen LogP contribution in [0.25, 0.3) is 11.3 Å². The van der Waals surface area contributed by atoms with Gasteiger partial charge in [0.2, 0.25) is 0 Å². The monoisotopic (exact) mass is 231 g/mol. The number of nitrogens with one attached hydrogen (secondary N) is 1.